The minimum absolute atomic E-state index is 0.117. The van der Waals surface area contributed by atoms with E-state index in [0.717, 1.165) is 55.6 Å². The summed E-state index contributed by atoms with van der Waals surface area (Å²) in [4.78, 5) is 21.8. The number of anilines is 1. The molecule has 0 saturated carbocycles. The molecule has 2 saturated heterocycles. The molecule has 0 aliphatic carbocycles. The molecule has 0 atom stereocenters. The first-order chi connectivity index (χ1) is 14.8. The fraction of sp³-hybridized carbons (Fsp3) is 0.417. The molecule has 2 aliphatic heterocycles. The Kier molecular flexibility index (Phi) is 5.41. The zero-order valence-electron chi connectivity index (χ0n) is 17.1. The van der Waals surface area contributed by atoms with Gasteiger partial charge in [-0.15, -0.1) is 0 Å². The van der Waals surface area contributed by atoms with Crippen molar-refractivity contribution in [2.24, 2.45) is 5.92 Å². The molecule has 30 heavy (non-hydrogen) atoms. The maximum Gasteiger partial charge on any atom is 0.298 e. The van der Waals surface area contributed by atoms with Gasteiger partial charge in [0.15, 0.2) is 5.58 Å². The molecule has 1 aromatic heterocycles. The predicted octanol–water partition coefficient (Wildman–Crippen LogP) is 3.96. The number of aromatic nitrogens is 1. The van der Waals surface area contributed by atoms with Crippen molar-refractivity contribution >= 4 is 23.0 Å². The number of ether oxygens (including phenoxy) is 1. The van der Waals surface area contributed by atoms with Crippen LogP contribution in [0.3, 0.4) is 0 Å². The Morgan fingerprint density at radius 1 is 0.933 bits per heavy atom. The smallest absolute Gasteiger partial charge is 0.298 e. The Bertz CT molecular complexity index is 1010. The second kappa shape index (κ2) is 8.48. The Balaban J connectivity index is 1.30. The van der Waals surface area contributed by atoms with Crippen molar-refractivity contribution in [2.75, 3.05) is 44.3 Å². The van der Waals surface area contributed by atoms with Crippen molar-refractivity contribution in [1.29, 1.82) is 0 Å². The first-order valence-electron chi connectivity index (χ1n) is 10.9. The summed E-state index contributed by atoms with van der Waals surface area (Å²) >= 11 is 0. The van der Waals surface area contributed by atoms with Gasteiger partial charge in [0.25, 0.3) is 6.01 Å². The van der Waals surface area contributed by atoms with Crippen LogP contribution in [0.15, 0.2) is 52.9 Å². The van der Waals surface area contributed by atoms with E-state index < -0.39 is 0 Å². The van der Waals surface area contributed by atoms with Gasteiger partial charge in [-0.05, 0) is 42.5 Å². The average molecular weight is 405 g/mol. The first kappa shape index (κ1) is 19.1. The van der Waals surface area contributed by atoms with Crippen LogP contribution in [-0.2, 0) is 9.53 Å². The average Bonchev–Trinajstić information content (AvgIpc) is 3.08. The van der Waals surface area contributed by atoms with E-state index in [1.54, 1.807) is 0 Å². The van der Waals surface area contributed by atoms with Crippen LogP contribution in [0.1, 0.15) is 19.3 Å². The number of benzene rings is 2. The van der Waals surface area contributed by atoms with Crippen LogP contribution in [0.25, 0.3) is 22.2 Å². The summed E-state index contributed by atoms with van der Waals surface area (Å²) in [6.07, 6.45) is 2.60. The van der Waals surface area contributed by atoms with Gasteiger partial charge in [-0.25, -0.2) is 0 Å². The molecule has 156 valence electrons. The minimum Gasteiger partial charge on any atom is -0.423 e. The van der Waals surface area contributed by atoms with Crippen molar-refractivity contribution in [2.45, 2.75) is 19.3 Å². The van der Waals surface area contributed by atoms with Crippen molar-refractivity contribution < 1.29 is 13.9 Å². The van der Waals surface area contributed by atoms with Crippen LogP contribution in [0, 0.1) is 5.92 Å². The minimum atomic E-state index is 0.117. The van der Waals surface area contributed by atoms with Crippen molar-refractivity contribution in [3.05, 3.63) is 48.5 Å². The highest BCUT2D eigenvalue weighted by Gasteiger charge is 2.28. The molecule has 0 unspecified atom stereocenters. The molecule has 3 aromatic rings. The van der Waals surface area contributed by atoms with Crippen molar-refractivity contribution in [1.82, 2.24) is 9.88 Å². The molecule has 6 heteroatoms. The SMILES string of the molecule is O=C(C1CCOCC1)N1CCCN(c2nc3cc(-c4ccccc4)ccc3o2)CC1. The van der Waals surface area contributed by atoms with E-state index in [4.69, 9.17) is 14.1 Å². The van der Waals surface area contributed by atoms with Crippen molar-refractivity contribution in [3.8, 4) is 11.1 Å². The Morgan fingerprint density at radius 3 is 2.60 bits per heavy atom. The standard InChI is InChI=1S/C24H27N3O3/c28-23(19-9-15-29-16-10-19)26-11-4-12-27(14-13-26)24-25-21-17-20(7-8-22(21)30-24)18-5-2-1-3-6-18/h1-3,5-8,17,19H,4,9-16H2. The number of nitrogens with zero attached hydrogens (tertiary/aromatic N) is 3. The summed E-state index contributed by atoms with van der Waals surface area (Å²) in [7, 11) is 0. The monoisotopic (exact) mass is 405 g/mol. The van der Waals surface area contributed by atoms with Gasteiger partial charge in [0, 0.05) is 45.3 Å². The van der Waals surface area contributed by atoms with E-state index in [1.165, 1.54) is 5.56 Å². The number of carbonyl (C=O) groups excluding carboxylic acids is 1. The number of hydrogen-bond acceptors (Lipinski definition) is 5. The van der Waals surface area contributed by atoms with Crippen LogP contribution >= 0.6 is 0 Å². The highest BCUT2D eigenvalue weighted by molar-refractivity contribution is 5.82. The number of oxazole rings is 1. The van der Waals surface area contributed by atoms with Crippen LogP contribution in [0.5, 0.6) is 0 Å². The van der Waals surface area contributed by atoms with E-state index in [2.05, 4.69) is 29.2 Å². The number of amides is 1. The fourth-order valence-corrected chi connectivity index (χ4v) is 4.39. The molecular weight excluding hydrogens is 378 g/mol. The number of fused-ring (bicyclic) bond motifs is 1. The summed E-state index contributed by atoms with van der Waals surface area (Å²) < 4.78 is 11.5. The van der Waals surface area contributed by atoms with Gasteiger partial charge in [0.05, 0.1) is 0 Å². The van der Waals surface area contributed by atoms with Gasteiger partial charge in [-0.1, -0.05) is 36.4 Å². The third-order valence-electron chi connectivity index (χ3n) is 6.13. The van der Waals surface area contributed by atoms with Crippen LogP contribution < -0.4 is 4.90 Å². The second-order valence-electron chi connectivity index (χ2n) is 8.10. The van der Waals surface area contributed by atoms with Crippen molar-refractivity contribution in [3.63, 3.8) is 0 Å². The zero-order chi connectivity index (χ0) is 20.3. The van der Waals surface area contributed by atoms with Crippen LogP contribution in [0.2, 0.25) is 0 Å². The topological polar surface area (TPSA) is 58.8 Å². The molecule has 0 radical (unpaired) electrons. The van der Waals surface area contributed by atoms with Gasteiger partial charge in [-0.3, -0.25) is 4.79 Å². The third kappa shape index (κ3) is 3.92. The van der Waals surface area contributed by atoms with Gasteiger partial charge >= 0.3 is 0 Å². The van der Waals surface area contributed by atoms with Gasteiger partial charge in [-0.2, -0.15) is 4.98 Å². The summed E-state index contributed by atoms with van der Waals surface area (Å²) in [6, 6.07) is 17.1. The van der Waals surface area contributed by atoms with Gasteiger partial charge in [0.1, 0.15) is 5.52 Å². The molecule has 0 N–H and O–H groups in total. The highest BCUT2D eigenvalue weighted by atomic mass is 16.5. The molecule has 2 fully saturated rings. The summed E-state index contributed by atoms with van der Waals surface area (Å²) in [6.45, 7) is 4.49. The molecule has 2 aromatic carbocycles. The normalized spacial score (nSPS) is 18.5. The largest absolute Gasteiger partial charge is 0.423 e. The number of carbonyl (C=O) groups is 1. The van der Waals surface area contributed by atoms with E-state index in [1.807, 2.05) is 29.2 Å². The van der Waals surface area contributed by atoms with E-state index >= 15 is 0 Å². The van der Waals surface area contributed by atoms with E-state index in [9.17, 15) is 4.79 Å². The quantitative estimate of drug-likeness (QED) is 0.660. The molecule has 6 nitrogen and oxygen atoms in total. The molecule has 3 heterocycles. The van der Waals surface area contributed by atoms with Gasteiger partial charge in [0.2, 0.25) is 5.91 Å². The summed E-state index contributed by atoms with van der Waals surface area (Å²) in [5.41, 5.74) is 3.96. The summed E-state index contributed by atoms with van der Waals surface area (Å²) in [5, 5.41) is 0. The second-order valence-corrected chi connectivity index (χ2v) is 8.10. The molecule has 5 rings (SSSR count). The van der Waals surface area contributed by atoms with Crippen LogP contribution in [0.4, 0.5) is 6.01 Å². The summed E-state index contributed by atoms with van der Waals surface area (Å²) in [5.74, 6) is 0.399. The highest BCUT2D eigenvalue weighted by Crippen LogP contribution is 2.28. The van der Waals surface area contributed by atoms with E-state index in [0.29, 0.717) is 25.8 Å². The fourth-order valence-electron chi connectivity index (χ4n) is 4.39. The van der Waals surface area contributed by atoms with Gasteiger partial charge < -0.3 is 19.0 Å². The third-order valence-corrected chi connectivity index (χ3v) is 6.13. The lowest BCUT2D eigenvalue weighted by molar-refractivity contribution is -0.138. The predicted molar refractivity (Wildman–Crippen MR) is 116 cm³/mol. The molecule has 2 aliphatic rings. The maximum atomic E-state index is 12.9. The zero-order valence-corrected chi connectivity index (χ0v) is 17.1. The maximum absolute atomic E-state index is 12.9. The molecule has 0 spiro atoms. The molecule has 0 bridgehead atoms. The Labute approximate surface area is 176 Å². The number of hydrogen-bond donors (Lipinski definition) is 0. The first-order valence-corrected chi connectivity index (χ1v) is 10.9. The van der Waals surface area contributed by atoms with E-state index in [-0.39, 0.29) is 11.8 Å². The Hall–Kier alpha value is -2.86. The lowest BCUT2D eigenvalue weighted by atomic mass is 9.98. The number of rotatable bonds is 3. The van der Waals surface area contributed by atoms with Crippen LogP contribution in [-0.4, -0.2) is 55.2 Å². The Morgan fingerprint density at radius 2 is 1.77 bits per heavy atom. The molecular formula is C24H27N3O3. The lowest BCUT2D eigenvalue weighted by Gasteiger charge is -2.28. The molecule has 1 amide bonds. The lowest BCUT2D eigenvalue weighted by Crippen LogP contribution is -2.40.